The molecule has 0 fully saturated rings. The molecule has 16 heavy (non-hydrogen) atoms. The van der Waals surface area contributed by atoms with Crippen molar-refractivity contribution in [2.24, 2.45) is 0 Å². The predicted molar refractivity (Wildman–Crippen MR) is 54.8 cm³/mol. The van der Waals surface area contributed by atoms with Crippen LogP contribution < -0.4 is 4.74 Å². The van der Waals surface area contributed by atoms with Crippen molar-refractivity contribution in [3.05, 3.63) is 21.9 Å². The molecule has 1 heterocycles. The number of aliphatic carboxylic acids is 1. The Bertz CT molecular complexity index is 412. The summed E-state index contributed by atoms with van der Waals surface area (Å²) in [6.45, 7) is 0. The SMILES string of the molecule is COc1c(Br)ncc(C(F)F)c1CC(=O)O. The molecule has 1 aromatic rings. The summed E-state index contributed by atoms with van der Waals surface area (Å²) in [6.07, 6.45) is -2.39. The minimum Gasteiger partial charge on any atom is -0.494 e. The van der Waals surface area contributed by atoms with Crippen LogP contribution in [0.1, 0.15) is 17.6 Å². The van der Waals surface area contributed by atoms with Crippen molar-refractivity contribution in [2.75, 3.05) is 7.11 Å². The minimum absolute atomic E-state index is 0.0280. The van der Waals surface area contributed by atoms with E-state index in [1.807, 2.05) is 0 Å². The van der Waals surface area contributed by atoms with E-state index in [-0.39, 0.29) is 15.9 Å². The van der Waals surface area contributed by atoms with Crippen LogP contribution in [-0.4, -0.2) is 23.2 Å². The summed E-state index contributed by atoms with van der Waals surface area (Å²) in [5, 5.41) is 8.65. The Kier molecular flexibility index (Phi) is 4.17. The molecule has 0 saturated carbocycles. The molecule has 0 amide bonds. The van der Waals surface area contributed by atoms with Gasteiger partial charge in [-0.2, -0.15) is 0 Å². The Labute approximate surface area is 98.4 Å². The summed E-state index contributed by atoms with van der Waals surface area (Å²) in [5.74, 6) is -1.18. The van der Waals surface area contributed by atoms with Crippen molar-refractivity contribution < 1.29 is 23.4 Å². The van der Waals surface area contributed by atoms with E-state index < -0.39 is 24.4 Å². The van der Waals surface area contributed by atoms with Crippen LogP contribution in [0.15, 0.2) is 10.8 Å². The van der Waals surface area contributed by atoms with Gasteiger partial charge in [0.2, 0.25) is 0 Å². The van der Waals surface area contributed by atoms with E-state index in [2.05, 4.69) is 20.9 Å². The number of carboxylic acids is 1. The van der Waals surface area contributed by atoms with Gasteiger partial charge in [0.05, 0.1) is 13.5 Å². The van der Waals surface area contributed by atoms with Crippen LogP contribution in [0.25, 0.3) is 0 Å². The van der Waals surface area contributed by atoms with Crippen LogP contribution in [0.2, 0.25) is 0 Å². The minimum atomic E-state index is -2.79. The van der Waals surface area contributed by atoms with Gasteiger partial charge in [0.15, 0.2) is 5.75 Å². The van der Waals surface area contributed by atoms with Gasteiger partial charge in [-0.3, -0.25) is 4.79 Å². The summed E-state index contributed by atoms with van der Waals surface area (Å²) >= 11 is 3.01. The first-order valence-corrected chi connectivity index (χ1v) is 4.97. The van der Waals surface area contributed by atoms with E-state index in [0.29, 0.717) is 0 Å². The number of methoxy groups -OCH3 is 1. The third kappa shape index (κ3) is 2.66. The summed E-state index contributed by atoms with van der Waals surface area (Å²) in [6, 6.07) is 0. The normalized spacial score (nSPS) is 10.6. The van der Waals surface area contributed by atoms with Crippen LogP contribution in [0.5, 0.6) is 5.75 Å². The number of pyridine rings is 1. The van der Waals surface area contributed by atoms with E-state index in [1.165, 1.54) is 7.11 Å². The van der Waals surface area contributed by atoms with Gasteiger partial charge in [0.25, 0.3) is 6.43 Å². The monoisotopic (exact) mass is 295 g/mol. The number of alkyl halides is 2. The smallest absolute Gasteiger partial charge is 0.307 e. The maximum absolute atomic E-state index is 12.6. The number of carbonyl (C=O) groups is 1. The quantitative estimate of drug-likeness (QED) is 0.867. The molecule has 88 valence electrons. The van der Waals surface area contributed by atoms with E-state index in [4.69, 9.17) is 9.84 Å². The van der Waals surface area contributed by atoms with E-state index >= 15 is 0 Å². The highest BCUT2D eigenvalue weighted by atomic mass is 79.9. The van der Waals surface area contributed by atoms with Gasteiger partial charge in [-0.15, -0.1) is 0 Å². The number of ether oxygens (including phenoxy) is 1. The molecule has 0 aliphatic carbocycles. The fourth-order valence-electron chi connectivity index (χ4n) is 1.25. The van der Waals surface area contributed by atoms with Crippen molar-refractivity contribution >= 4 is 21.9 Å². The third-order valence-corrected chi connectivity index (χ3v) is 2.46. The Morgan fingerprint density at radius 2 is 2.31 bits per heavy atom. The highest BCUT2D eigenvalue weighted by Crippen LogP contribution is 2.34. The lowest BCUT2D eigenvalue weighted by Gasteiger charge is -2.12. The average molecular weight is 296 g/mol. The van der Waals surface area contributed by atoms with Crippen LogP contribution in [0.3, 0.4) is 0 Å². The Morgan fingerprint density at radius 3 is 2.75 bits per heavy atom. The number of aromatic nitrogens is 1. The maximum atomic E-state index is 12.6. The van der Waals surface area contributed by atoms with Crippen molar-refractivity contribution in [3.8, 4) is 5.75 Å². The first kappa shape index (κ1) is 12.8. The summed E-state index contributed by atoms with van der Waals surface area (Å²) in [7, 11) is 1.27. The molecule has 7 heteroatoms. The second-order valence-electron chi connectivity index (χ2n) is 2.89. The number of nitrogens with zero attached hydrogens (tertiary/aromatic N) is 1. The third-order valence-electron chi connectivity index (χ3n) is 1.89. The second kappa shape index (κ2) is 5.20. The molecule has 1 aromatic heterocycles. The lowest BCUT2D eigenvalue weighted by Crippen LogP contribution is -2.07. The predicted octanol–water partition coefficient (Wildman–Crippen LogP) is 2.42. The molecule has 0 atom stereocenters. The lowest BCUT2D eigenvalue weighted by atomic mass is 10.1. The van der Waals surface area contributed by atoms with Crippen LogP contribution >= 0.6 is 15.9 Å². The van der Waals surface area contributed by atoms with Gasteiger partial charge in [-0.05, 0) is 15.9 Å². The molecule has 0 aromatic carbocycles. The van der Waals surface area contributed by atoms with Crippen LogP contribution in [-0.2, 0) is 11.2 Å². The van der Waals surface area contributed by atoms with Gasteiger partial charge < -0.3 is 9.84 Å². The highest BCUT2D eigenvalue weighted by molar-refractivity contribution is 9.10. The van der Waals surface area contributed by atoms with Crippen molar-refractivity contribution in [1.29, 1.82) is 0 Å². The molecule has 0 bridgehead atoms. The van der Waals surface area contributed by atoms with Gasteiger partial charge in [0, 0.05) is 17.3 Å². The number of carboxylic acid groups (broad SMARTS) is 1. The molecule has 0 saturated heterocycles. The molecule has 0 aliphatic rings. The standard InChI is InChI=1S/C9H8BrF2NO3/c1-16-7-4(2-6(14)15)5(9(11)12)3-13-8(7)10/h3,9H,2H2,1H3,(H,14,15). The second-order valence-corrected chi connectivity index (χ2v) is 3.64. The summed E-state index contributed by atoms with van der Waals surface area (Å²) < 4.78 is 30.3. The first-order valence-electron chi connectivity index (χ1n) is 4.18. The molecule has 0 radical (unpaired) electrons. The van der Waals surface area contributed by atoms with E-state index in [9.17, 15) is 13.6 Å². The number of hydrogen-bond donors (Lipinski definition) is 1. The molecule has 4 nitrogen and oxygen atoms in total. The molecule has 1 N–H and O–H groups in total. The van der Waals surface area contributed by atoms with Crippen LogP contribution in [0.4, 0.5) is 8.78 Å². The molecule has 0 unspecified atom stereocenters. The van der Waals surface area contributed by atoms with Crippen molar-refractivity contribution in [2.45, 2.75) is 12.8 Å². The zero-order chi connectivity index (χ0) is 12.3. The number of hydrogen-bond acceptors (Lipinski definition) is 3. The number of rotatable bonds is 4. The fourth-order valence-corrected chi connectivity index (χ4v) is 1.75. The zero-order valence-electron chi connectivity index (χ0n) is 8.21. The van der Waals surface area contributed by atoms with Crippen molar-refractivity contribution in [3.63, 3.8) is 0 Å². The van der Waals surface area contributed by atoms with E-state index in [1.54, 1.807) is 0 Å². The van der Waals surface area contributed by atoms with E-state index in [0.717, 1.165) is 6.20 Å². The van der Waals surface area contributed by atoms with Gasteiger partial charge >= 0.3 is 5.97 Å². The average Bonchev–Trinajstić information content (AvgIpc) is 2.16. The van der Waals surface area contributed by atoms with Gasteiger partial charge in [-0.1, -0.05) is 0 Å². The summed E-state index contributed by atoms with van der Waals surface area (Å²) in [5.41, 5.74) is -0.491. The molecular weight excluding hydrogens is 288 g/mol. The molecule has 0 aliphatic heterocycles. The largest absolute Gasteiger partial charge is 0.494 e. The Morgan fingerprint density at radius 1 is 1.69 bits per heavy atom. The Hall–Kier alpha value is -1.24. The zero-order valence-corrected chi connectivity index (χ0v) is 9.79. The first-order chi connectivity index (χ1) is 7.47. The van der Waals surface area contributed by atoms with Gasteiger partial charge in [0.1, 0.15) is 4.60 Å². The topological polar surface area (TPSA) is 59.4 Å². The maximum Gasteiger partial charge on any atom is 0.307 e. The Balaban J connectivity index is 3.34. The molecule has 1 rings (SSSR count). The lowest BCUT2D eigenvalue weighted by molar-refractivity contribution is -0.136. The van der Waals surface area contributed by atoms with Crippen LogP contribution in [0, 0.1) is 0 Å². The number of halogens is 3. The molecular formula is C9H8BrF2NO3. The summed E-state index contributed by atoms with van der Waals surface area (Å²) in [4.78, 5) is 14.2. The highest BCUT2D eigenvalue weighted by Gasteiger charge is 2.22. The van der Waals surface area contributed by atoms with Gasteiger partial charge in [-0.25, -0.2) is 13.8 Å². The fraction of sp³-hybridized carbons (Fsp3) is 0.333. The van der Waals surface area contributed by atoms with Crippen molar-refractivity contribution in [1.82, 2.24) is 4.98 Å². The molecule has 0 spiro atoms.